The van der Waals surface area contributed by atoms with Crippen LogP contribution in [0.5, 0.6) is 23.0 Å². The van der Waals surface area contributed by atoms with E-state index in [9.17, 15) is 29.4 Å². The summed E-state index contributed by atoms with van der Waals surface area (Å²) in [6.45, 7) is 0. The summed E-state index contributed by atoms with van der Waals surface area (Å²) in [6.07, 6.45) is 0. The lowest BCUT2D eigenvalue weighted by atomic mass is 9.88. The Morgan fingerprint density at radius 2 is 1.15 bits per heavy atom. The lowest BCUT2D eigenvalue weighted by molar-refractivity contribution is 0.0589. The third-order valence-corrected chi connectivity index (χ3v) is 5.82. The molecular formula is C30H22O9. The number of phenols is 2. The minimum Gasteiger partial charge on any atom is -0.504 e. The fourth-order valence-electron chi connectivity index (χ4n) is 3.91. The zero-order valence-electron chi connectivity index (χ0n) is 20.8. The molecule has 0 aliphatic heterocycles. The molecule has 0 saturated heterocycles. The largest absolute Gasteiger partial charge is 0.504 e. The van der Waals surface area contributed by atoms with Gasteiger partial charge in [-0.2, -0.15) is 0 Å². The Hall–Kier alpha value is -5.44. The number of benzene rings is 4. The van der Waals surface area contributed by atoms with Gasteiger partial charge in [-0.15, -0.1) is 0 Å². The van der Waals surface area contributed by atoms with Crippen LogP contribution in [0.4, 0.5) is 0 Å². The van der Waals surface area contributed by atoms with Crippen LogP contribution in [0.25, 0.3) is 0 Å². The van der Waals surface area contributed by atoms with Crippen molar-refractivity contribution >= 4 is 23.5 Å². The number of aromatic hydroxyl groups is 2. The molecule has 4 aromatic rings. The van der Waals surface area contributed by atoms with Crippen LogP contribution in [0, 0.1) is 0 Å². The van der Waals surface area contributed by atoms with Crippen LogP contribution in [0.2, 0.25) is 0 Å². The highest BCUT2D eigenvalue weighted by atomic mass is 16.5. The van der Waals surface area contributed by atoms with Gasteiger partial charge in [0.2, 0.25) is 5.75 Å². The molecule has 0 spiro atoms. The van der Waals surface area contributed by atoms with Gasteiger partial charge < -0.3 is 24.4 Å². The molecular weight excluding hydrogens is 504 g/mol. The minimum atomic E-state index is -1.19. The summed E-state index contributed by atoms with van der Waals surface area (Å²) >= 11 is 0. The summed E-state index contributed by atoms with van der Waals surface area (Å²) in [7, 11) is 2.40. The molecule has 0 aliphatic rings. The lowest BCUT2D eigenvalue weighted by Crippen LogP contribution is -2.21. The summed E-state index contributed by atoms with van der Waals surface area (Å²) in [5.74, 6) is -6.66. The summed E-state index contributed by atoms with van der Waals surface area (Å²) in [5.41, 5.74) is -1.97. The maximum Gasteiger partial charge on any atom is 0.343 e. The Morgan fingerprint density at radius 3 is 1.74 bits per heavy atom. The Morgan fingerprint density at radius 1 is 0.590 bits per heavy atom. The average Bonchev–Trinajstić information content (AvgIpc) is 2.99. The van der Waals surface area contributed by atoms with Gasteiger partial charge >= 0.3 is 11.9 Å². The molecule has 2 N–H and O–H groups in total. The Labute approximate surface area is 222 Å². The van der Waals surface area contributed by atoms with Crippen LogP contribution < -0.4 is 9.47 Å². The van der Waals surface area contributed by atoms with E-state index in [1.54, 1.807) is 42.5 Å². The fraction of sp³-hybridized carbons (Fsp3) is 0.0667. The van der Waals surface area contributed by atoms with Gasteiger partial charge in [-0.25, -0.2) is 9.59 Å². The van der Waals surface area contributed by atoms with Crippen molar-refractivity contribution in [2.45, 2.75) is 0 Å². The van der Waals surface area contributed by atoms with Crippen molar-refractivity contribution in [2.75, 3.05) is 14.2 Å². The van der Waals surface area contributed by atoms with Crippen LogP contribution in [-0.2, 0) is 4.74 Å². The van der Waals surface area contributed by atoms with E-state index in [2.05, 4.69) is 0 Å². The first-order valence-corrected chi connectivity index (χ1v) is 11.5. The highest BCUT2D eigenvalue weighted by Crippen LogP contribution is 2.46. The molecule has 196 valence electrons. The molecule has 0 radical (unpaired) electrons. The van der Waals surface area contributed by atoms with Gasteiger partial charge in [-0.3, -0.25) is 9.59 Å². The first kappa shape index (κ1) is 26.6. The van der Waals surface area contributed by atoms with Gasteiger partial charge in [0.1, 0.15) is 5.75 Å². The van der Waals surface area contributed by atoms with E-state index in [1.165, 1.54) is 49.6 Å². The number of phenolic OH excluding ortho intramolecular Hbond substituents is 2. The van der Waals surface area contributed by atoms with Crippen molar-refractivity contribution in [1.29, 1.82) is 0 Å². The van der Waals surface area contributed by atoms with Crippen molar-refractivity contribution in [3.63, 3.8) is 0 Å². The monoisotopic (exact) mass is 526 g/mol. The smallest absolute Gasteiger partial charge is 0.343 e. The van der Waals surface area contributed by atoms with Crippen molar-refractivity contribution in [2.24, 2.45) is 0 Å². The number of methoxy groups -OCH3 is 2. The molecule has 4 rings (SSSR count). The Kier molecular flexibility index (Phi) is 7.72. The molecule has 0 amide bonds. The summed E-state index contributed by atoms with van der Waals surface area (Å²) in [4.78, 5) is 53.5. The third-order valence-electron chi connectivity index (χ3n) is 5.82. The van der Waals surface area contributed by atoms with Crippen LogP contribution in [0.15, 0.2) is 84.9 Å². The number of ether oxygens (including phenoxy) is 3. The Balaban J connectivity index is 2.05. The Bertz CT molecular complexity index is 1580. The van der Waals surface area contributed by atoms with Crippen molar-refractivity contribution < 1.29 is 43.6 Å². The molecule has 0 aliphatic carbocycles. The molecule has 0 unspecified atom stereocenters. The van der Waals surface area contributed by atoms with E-state index >= 15 is 0 Å². The van der Waals surface area contributed by atoms with Crippen molar-refractivity contribution in [3.8, 4) is 23.0 Å². The average molecular weight is 526 g/mol. The summed E-state index contributed by atoms with van der Waals surface area (Å²) in [6, 6.07) is 21.1. The maximum atomic E-state index is 13.9. The molecule has 0 heterocycles. The van der Waals surface area contributed by atoms with Gasteiger partial charge in [0.05, 0.1) is 36.5 Å². The molecule has 0 fully saturated rings. The van der Waals surface area contributed by atoms with Crippen LogP contribution in [0.3, 0.4) is 0 Å². The van der Waals surface area contributed by atoms with Gasteiger partial charge in [0.25, 0.3) is 0 Å². The summed E-state index contributed by atoms with van der Waals surface area (Å²) < 4.78 is 15.5. The topological polar surface area (TPSA) is 136 Å². The molecule has 0 saturated carbocycles. The molecule has 0 atom stereocenters. The quantitative estimate of drug-likeness (QED) is 0.146. The van der Waals surface area contributed by atoms with Gasteiger partial charge in [-0.05, 0) is 24.3 Å². The number of carbonyl (C=O) groups is 4. The normalized spacial score (nSPS) is 10.4. The molecule has 0 aromatic heterocycles. The number of ketones is 2. The second-order valence-corrected chi connectivity index (χ2v) is 8.15. The van der Waals surface area contributed by atoms with Gasteiger partial charge in [0, 0.05) is 11.1 Å². The van der Waals surface area contributed by atoms with E-state index in [0.29, 0.717) is 5.75 Å². The number of esters is 2. The lowest BCUT2D eigenvalue weighted by Gasteiger charge is -2.19. The molecule has 9 heteroatoms. The van der Waals surface area contributed by atoms with Crippen molar-refractivity contribution in [1.82, 2.24) is 0 Å². The van der Waals surface area contributed by atoms with E-state index in [0.717, 1.165) is 7.11 Å². The van der Waals surface area contributed by atoms with Gasteiger partial charge in [-0.1, -0.05) is 60.7 Å². The number of hydrogen-bond donors (Lipinski definition) is 2. The predicted molar refractivity (Wildman–Crippen MR) is 139 cm³/mol. The molecule has 9 nitrogen and oxygen atoms in total. The fourth-order valence-corrected chi connectivity index (χ4v) is 3.91. The molecule has 4 aromatic carbocycles. The van der Waals surface area contributed by atoms with E-state index in [4.69, 9.17) is 14.2 Å². The highest BCUT2D eigenvalue weighted by Gasteiger charge is 2.37. The first-order chi connectivity index (χ1) is 18.8. The highest BCUT2D eigenvalue weighted by molar-refractivity contribution is 6.24. The zero-order chi connectivity index (χ0) is 28.1. The van der Waals surface area contributed by atoms with Crippen LogP contribution in [0.1, 0.15) is 52.6 Å². The SMILES string of the molecule is COC(=O)c1c(C(=O)c2ccccc2)c(O)c(O)c(OC(=O)c2ccccc2)c1C(=O)c1cccc(OC)c1. The number of hydrogen-bond acceptors (Lipinski definition) is 9. The standard InChI is InChI=1S/C30H22O9/c1-37-20-15-9-14-19(16-20)25(32)23-21(30(36)38-2)22(24(31)17-10-5-3-6-11-17)26(33)27(34)28(23)39-29(35)18-12-7-4-8-13-18/h3-16,33-34H,1-2H3. The van der Waals surface area contributed by atoms with Gasteiger partial charge in [0.15, 0.2) is 23.1 Å². The second-order valence-electron chi connectivity index (χ2n) is 8.15. The van der Waals surface area contributed by atoms with Crippen LogP contribution >= 0.6 is 0 Å². The first-order valence-electron chi connectivity index (χ1n) is 11.5. The minimum absolute atomic E-state index is 0.0280. The van der Waals surface area contributed by atoms with Crippen molar-refractivity contribution in [3.05, 3.63) is 118 Å². The molecule has 0 bridgehead atoms. The van der Waals surface area contributed by atoms with E-state index in [-0.39, 0.29) is 16.7 Å². The predicted octanol–water partition coefficient (Wildman–Crippen LogP) is 4.57. The van der Waals surface area contributed by atoms with E-state index < -0.39 is 57.4 Å². The number of rotatable bonds is 8. The maximum absolute atomic E-state index is 13.9. The third kappa shape index (κ3) is 5.19. The summed E-state index contributed by atoms with van der Waals surface area (Å²) in [5, 5.41) is 22.0. The molecule has 39 heavy (non-hydrogen) atoms. The zero-order valence-corrected chi connectivity index (χ0v) is 20.8. The van der Waals surface area contributed by atoms with Crippen LogP contribution in [-0.4, -0.2) is 47.9 Å². The number of carbonyl (C=O) groups excluding carboxylic acids is 4. The second kappa shape index (κ2) is 11.3. The van der Waals surface area contributed by atoms with E-state index in [1.807, 2.05) is 0 Å².